The number of benzene rings is 2. The number of aryl methyl sites for hydroxylation is 2. The quantitative estimate of drug-likeness (QED) is 0.367. The smallest absolute Gasteiger partial charge is 0.278 e. The van der Waals surface area contributed by atoms with Crippen LogP contribution in [0.2, 0.25) is 5.02 Å². The van der Waals surface area contributed by atoms with Crippen LogP contribution in [0.3, 0.4) is 0 Å². The summed E-state index contributed by atoms with van der Waals surface area (Å²) in [6, 6.07) is 14.5. The molecule has 0 saturated carbocycles. The van der Waals surface area contributed by atoms with Gasteiger partial charge in [0, 0.05) is 11.8 Å². The molecule has 2 aromatic carbocycles. The number of hydrogen-bond acceptors (Lipinski definition) is 5. The lowest BCUT2D eigenvalue weighted by Gasteiger charge is -2.09. The Bertz CT molecular complexity index is 1510. The molecule has 0 aliphatic rings. The molecule has 0 bridgehead atoms. The van der Waals surface area contributed by atoms with Crippen LogP contribution in [0.15, 0.2) is 59.4 Å². The SMILES string of the molecule is Cc1nn(Cc2cccc3ccccc23)c(C)c1NC(=O)c1noc(C)c1Cn1cc(Cl)cn1. The Morgan fingerprint density at radius 1 is 1.09 bits per heavy atom. The number of carbonyl (C=O) groups is 1. The van der Waals surface area contributed by atoms with Crippen molar-refractivity contribution in [3.63, 3.8) is 0 Å². The molecule has 5 aromatic rings. The summed E-state index contributed by atoms with van der Waals surface area (Å²) in [5, 5.41) is 18.7. The third kappa shape index (κ3) is 4.08. The van der Waals surface area contributed by atoms with Gasteiger partial charge in [0.15, 0.2) is 5.69 Å². The van der Waals surface area contributed by atoms with Crippen LogP contribution in [-0.4, -0.2) is 30.6 Å². The summed E-state index contributed by atoms with van der Waals surface area (Å²) in [6.07, 6.45) is 3.22. The number of aromatic nitrogens is 5. The Labute approximate surface area is 201 Å². The van der Waals surface area contributed by atoms with E-state index in [9.17, 15) is 4.79 Å². The second kappa shape index (κ2) is 8.79. The maximum Gasteiger partial charge on any atom is 0.278 e. The van der Waals surface area contributed by atoms with E-state index in [0.29, 0.717) is 35.1 Å². The van der Waals surface area contributed by atoms with Crippen molar-refractivity contribution in [1.29, 1.82) is 0 Å². The highest BCUT2D eigenvalue weighted by atomic mass is 35.5. The number of hydrogen-bond donors (Lipinski definition) is 1. The summed E-state index contributed by atoms with van der Waals surface area (Å²) < 4.78 is 8.86. The van der Waals surface area contributed by atoms with Gasteiger partial charge in [-0.2, -0.15) is 10.2 Å². The van der Waals surface area contributed by atoms with Crippen LogP contribution in [0.1, 0.15) is 38.8 Å². The fourth-order valence-corrected chi connectivity index (χ4v) is 4.30. The van der Waals surface area contributed by atoms with E-state index in [-0.39, 0.29) is 11.6 Å². The maximum atomic E-state index is 13.2. The molecular weight excluding hydrogens is 452 g/mol. The van der Waals surface area contributed by atoms with Crippen molar-refractivity contribution < 1.29 is 9.32 Å². The van der Waals surface area contributed by atoms with Gasteiger partial charge in [-0.15, -0.1) is 0 Å². The summed E-state index contributed by atoms with van der Waals surface area (Å²) in [6.45, 7) is 6.51. The van der Waals surface area contributed by atoms with Crippen LogP contribution in [-0.2, 0) is 13.1 Å². The summed E-state index contributed by atoms with van der Waals surface area (Å²) in [5.41, 5.74) is 4.28. The van der Waals surface area contributed by atoms with Crippen molar-refractivity contribution in [2.24, 2.45) is 0 Å². The van der Waals surface area contributed by atoms with Crippen molar-refractivity contribution >= 4 is 34.0 Å². The lowest BCUT2D eigenvalue weighted by molar-refractivity contribution is 0.101. The number of nitrogens with zero attached hydrogens (tertiary/aromatic N) is 5. The van der Waals surface area contributed by atoms with E-state index in [4.69, 9.17) is 16.1 Å². The van der Waals surface area contributed by atoms with Gasteiger partial charge in [0.25, 0.3) is 5.91 Å². The predicted molar refractivity (Wildman–Crippen MR) is 130 cm³/mol. The zero-order chi connectivity index (χ0) is 23.8. The lowest BCUT2D eigenvalue weighted by Crippen LogP contribution is -2.17. The number of anilines is 1. The molecule has 0 fully saturated rings. The van der Waals surface area contributed by atoms with Crippen molar-refractivity contribution in [3.05, 3.63) is 93.8 Å². The first-order valence-electron chi connectivity index (χ1n) is 10.9. The molecule has 1 N–H and O–H groups in total. The molecule has 3 heterocycles. The fourth-order valence-electron chi connectivity index (χ4n) is 4.14. The highest BCUT2D eigenvalue weighted by Gasteiger charge is 2.23. The van der Waals surface area contributed by atoms with E-state index in [1.54, 1.807) is 24.0 Å². The van der Waals surface area contributed by atoms with E-state index >= 15 is 0 Å². The molecule has 1 amide bonds. The molecular formula is C25H23ClN6O2. The fraction of sp³-hybridized carbons (Fsp3) is 0.200. The topological polar surface area (TPSA) is 90.8 Å². The largest absolute Gasteiger partial charge is 0.361 e. The van der Waals surface area contributed by atoms with E-state index < -0.39 is 0 Å². The first kappa shape index (κ1) is 21.9. The molecule has 0 saturated heterocycles. The summed E-state index contributed by atoms with van der Waals surface area (Å²) >= 11 is 5.97. The van der Waals surface area contributed by atoms with Crippen LogP contribution in [0, 0.1) is 20.8 Å². The Kier molecular flexibility index (Phi) is 5.67. The van der Waals surface area contributed by atoms with E-state index in [1.807, 2.05) is 36.7 Å². The normalized spacial score (nSPS) is 11.3. The summed E-state index contributed by atoms with van der Waals surface area (Å²) in [5.74, 6) is 0.192. The first-order chi connectivity index (χ1) is 16.4. The van der Waals surface area contributed by atoms with Crippen molar-refractivity contribution in [1.82, 2.24) is 24.7 Å². The molecule has 0 unspecified atom stereocenters. The highest BCUT2D eigenvalue weighted by Crippen LogP contribution is 2.25. The average Bonchev–Trinajstić information content (AvgIpc) is 3.48. The standard InChI is InChI=1S/C25H23ClN6O2/c1-15-23(16(2)32(29-15)12-19-9-6-8-18-7-4-5-10-21(18)19)28-25(33)24-22(17(3)34-30-24)14-31-13-20(26)11-27-31/h4-11,13H,12,14H2,1-3H3,(H,28,33). The third-order valence-electron chi connectivity index (χ3n) is 5.94. The number of halogens is 1. The molecule has 172 valence electrons. The van der Waals surface area contributed by atoms with E-state index in [2.05, 4.69) is 44.9 Å². The molecule has 0 spiro atoms. The Hall–Kier alpha value is -3.91. The van der Waals surface area contributed by atoms with Crippen LogP contribution in [0.4, 0.5) is 5.69 Å². The molecule has 34 heavy (non-hydrogen) atoms. The van der Waals surface area contributed by atoms with Crippen LogP contribution >= 0.6 is 11.6 Å². The highest BCUT2D eigenvalue weighted by molar-refractivity contribution is 6.30. The van der Waals surface area contributed by atoms with Gasteiger partial charge in [-0.05, 0) is 37.1 Å². The van der Waals surface area contributed by atoms with Crippen molar-refractivity contribution in [2.45, 2.75) is 33.9 Å². The molecule has 0 atom stereocenters. The summed E-state index contributed by atoms with van der Waals surface area (Å²) in [4.78, 5) is 13.2. The van der Waals surface area contributed by atoms with Gasteiger partial charge in [-0.3, -0.25) is 14.2 Å². The minimum Gasteiger partial charge on any atom is -0.361 e. The Morgan fingerprint density at radius 3 is 2.68 bits per heavy atom. The second-order valence-corrected chi connectivity index (χ2v) is 8.65. The van der Waals surface area contributed by atoms with Gasteiger partial charge < -0.3 is 9.84 Å². The van der Waals surface area contributed by atoms with E-state index in [0.717, 1.165) is 17.0 Å². The maximum absolute atomic E-state index is 13.2. The monoisotopic (exact) mass is 474 g/mol. The van der Waals surface area contributed by atoms with Crippen molar-refractivity contribution in [2.75, 3.05) is 5.32 Å². The zero-order valence-electron chi connectivity index (χ0n) is 19.0. The van der Waals surface area contributed by atoms with Gasteiger partial charge in [0.2, 0.25) is 0 Å². The molecule has 0 aliphatic heterocycles. The molecule has 3 aromatic heterocycles. The number of rotatable bonds is 6. The Morgan fingerprint density at radius 2 is 1.88 bits per heavy atom. The van der Waals surface area contributed by atoms with Gasteiger partial charge in [0.1, 0.15) is 5.76 Å². The van der Waals surface area contributed by atoms with Gasteiger partial charge in [0.05, 0.1) is 41.4 Å². The second-order valence-electron chi connectivity index (χ2n) is 8.22. The molecule has 0 aliphatic carbocycles. The minimum absolute atomic E-state index is 0.213. The number of carbonyl (C=O) groups excluding carboxylic acids is 1. The lowest BCUT2D eigenvalue weighted by atomic mass is 10.0. The van der Waals surface area contributed by atoms with Crippen LogP contribution in [0.25, 0.3) is 10.8 Å². The number of nitrogens with one attached hydrogen (secondary N) is 1. The molecule has 9 heteroatoms. The minimum atomic E-state index is -0.360. The first-order valence-corrected chi connectivity index (χ1v) is 11.2. The van der Waals surface area contributed by atoms with Gasteiger partial charge in [-0.25, -0.2) is 0 Å². The zero-order valence-corrected chi connectivity index (χ0v) is 19.8. The molecule has 0 radical (unpaired) electrons. The van der Waals surface area contributed by atoms with Gasteiger partial charge in [-0.1, -0.05) is 59.2 Å². The van der Waals surface area contributed by atoms with E-state index in [1.165, 1.54) is 10.8 Å². The van der Waals surface area contributed by atoms with Crippen LogP contribution in [0.5, 0.6) is 0 Å². The third-order valence-corrected chi connectivity index (χ3v) is 6.14. The van der Waals surface area contributed by atoms with Crippen molar-refractivity contribution in [3.8, 4) is 0 Å². The Balaban J connectivity index is 1.40. The van der Waals surface area contributed by atoms with Gasteiger partial charge >= 0.3 is 0 Å². The summed E-state index contributed by atoms with van der Waals surface area (Å²) in [7, 11) is 0. The number of fused-ring (bicyclic) bond motifs is 1. The molecule has 5 rings (SSSR count). The average molecular weight is 475 g/mol. The van der Waals surface area contributed by atoms with Crippen LogP contribution < -0.4 is 5.32 Å². The number of amides is 1. The molecule has 8 nitrogen and oxygen atoms in total. The predicted octanol–water partition coefficient (Wildman–Crippen LogP) is 5.15.